The second-order valence-corrected chi connectivity index (χ2v) is 6.65. The Balaban J connectivity index is 1.72. The summed E-state index contributed by atoms with van der Waals surface area (Å²) in [6, 6.07) is 11.7. The molecule has 1 aromatic carbocycles. The molecule has 0 aliphatic rings. The molecule has 0 spiro atoms. The normalized spacial score (nSPS) is 10.8. The van der Waals surface area contributed by atoms with Crippen molar-refractivity contribution in [2.75, 3.05) is 6.61 Å². The van der Waals surface area contributed by atoms with Crippen molar-refractivity contribution in [2.45, 2.75) is 20.4 Å². The molecular weight excluding hydrogens is 325 g/mol. The molecule has 3 nitrogen and oxygen atoms in total. The van der Waals surface area contributed by atoms with Crippen molar-refractivity contribution in [3.8, 4) is 5.75 Å². The molecule has 2 aromatic heterocycles. The zero-order valence-corrected chi connectivity index (χ0v) is 14.4. The Morgan fingerprint density at radius 1 is 1.21 bits per heavy atom. The third-order valence-corrected chi connectivity index (χ3v) is 4.81. The summed E-state index contributed by atoms with van der Waals surface area (Å²) >= 11 is 1.70. The molecule has 3 rings (SSSR count). The second-order valence-electron chi connectivity index (χ2n) is 5.62. The van der Waals surface area contributed by atoms with E-state index in [0.29, 0.717) is 11.3 Å². The number of aryl methyl sites for hydroxylation is 1. The number of hydrogen-bond acceptors (Lipinski definition) is 3. The van der Waals surface area contributed by atoms with E-state index in [4.69, 9.17) is 4.74 Å². The van der Waals surface area contributed by atoms with Gasteiger partial charge in [0.25, 0.3) is 0 Å². The molecule has 0 amide bonds. The Labute approximate surface area is 144 Å². The topological polar surface area (TPSA) is 31.2 Å². The number of carbonyl (C=O) groups excluding carboxylic acids is 1. The van der Waals surface area contributed by atoms with E-state index in [1.54, 1.807) is 11.3 Å². The fraction of sp³-hybridized carbons (Fsp3) is 0.211. The van der Waals surface area contributed by atoms with Gasteiger partial charge in [0.1, 0.15) is 11.6 Å². The molecule has 0 bridgehead atoms. The number of Topliss-reactive ketones (excluding diaryl/α,β-unsaturated/α-hetero) is 1. The first-order chi connectivity index (χ1) is 11.5. The van der Waals surface area contributed by atoms with E-state index in [2.05, 4.69) is 10.6 Å². The number of rotatable bonds is 6. The van der Waals surface area contributed by atoms with Crippen LogP contribution in [0.4, 0.5) is 4.39 Å². The predicted octanol–water partition coefficient (Wildman–Crippen LogP) is 4.62. The lowest BCUT2D eigenvalue weighted by Crippen LogP contribution is -2.13. The molecule has 0 N–H and O–H groups in total. The molecule has 0 saturated heterocycles. The third kappa shape index (κ3) is 3.57. The van der Waals surface area contributed by atoms with E-state index in [9.17, 15) is 9.18 Å². The molecule has 0 unspecified atom stereocenters. The lowest BCUT2D eigenvalue weighted by molar-refractivity contribution is 0.0921. The van der Waals surface area contributed by atoms with Crippen LogP contribution < -0.4 is 4.74 Å². The number of halogens is 1. The molecule has 0 aliphatic carbocycles. The van der Waals surface area contributed by atoms with Gasteiger partial charge in [-0.1, -0.05) is 6.07 Å². The highest BCUT2D eigenvalue weighted by Gasteiger charge is 2.16. The summed E-state index contributed by atoms with van der Waals surface area (Å²) in [6.45, 7) is 4.65. The smallest absolute Gasteiger partial charge is 0.202 e. The second kappa shape index (κ2) is 7.01. The van der Waals surface area contributed by atoms with Crippen LogP contribution in [0.2, 0.25) is 0 Å². The van der Waals surface area contributed by atoms with Crippen molar-refractivity contribution in [2.24, 2.45) is 0 Å². The van der Waals surface area contributed by atoms with Crippen molar-refractivity contribution in [1.82, 2.24) is 4.57 Å². The predicted molar refractivity (Wildman–Crippen MR) is 93.6 cm³/mol. The van der Waals surface area contributed by atoms with E-state index in [0.717, 1.165) is 17.9 Å². The third-order valence-electron chi connectivity index (χ3n) is 3.95. The summed E-state index contributed by atoms with van der Waals surface area (Å²) in [4.78, 5) is 13.7. The first-order valence-electron chi connectivity index (χ1n) is 7.65. The minimum Gasteiger partial charge on any atom is -0.485 e. The minimum atomic E-state index is -0.328. The SMILES string of the molecule is Cc1cc(C(=O)COc2ccc(F)cc2)c(C)n1Cc1cccs1. The summed E-state index contributed by atoms with van der Waals surface area (Å²) in [7, 11) is 0. The minimum absolute atomic E-state index is 0.0606. The Morgan fingerprint density at radius 2 is 1.96 bits per heavy atom. The van der Waals surface area contributed by atoms with Gasteiger partial charge in [-0.25, -0.2) is 4.39 Å². The van der Waals surface area contributed by atoms with E-state index in [1.807, 2.05) is 31.4 Å². The van der Waals surface area contributed by atoms with E-state index < -0.39 is 0 Å². The number of hydrogen-bond donors (Lipinski definition) is 0. The van der Waals surface area contributed by atoms with Crippen molar-refractivity contribution >= 4 is 17.1 Å². The highest BCUT2D eigenvalue weighted by Crippen LogP contribution is 2.20. The molecule has 124 valence electrons. The highest BCUT2D eigenvalue weighted by molar-refractivity contribution is 7.09. The number of ether oxygens (including phenoxy) is 1. The van der Waals surface area contributed by atoms with Gasteiger partial charge in [-0.2, -0.15) is 0 Å². The van der Waals surface area contributed by atoms with Crippen molar-refractivity contribution < 1.29 is 13.9 Å². The number of thiophene rings is 1. The number of benzene rings is 1. The Hall–Kier alpha value is -2.40. The lowest BCUT2D eigenvalue weighted by atomic mass is 10.1. The van der Waals surface area contributed by atoms with Gasteiger partial charge in [-0.05, 0) is 55.6 Å². The molecule has 0 saturated carbocycles. The number of aromatic nitrogens is 1. The van der Waals surface area contributed by atoms with Gasteiger partial charge in [0, 0.05) is 21.8 Å². The highest BCUT2D eigenvalue weighted by atomic mass is 32.1. The Kier molecular flexibility index (Phi) is 4.81. The summed E-state index contributed by atoms with van der Waals surface area (Å²) < 4.78 is 20.5. The van der Waals surface area contributed by atoms with Crippen LogP contribution in [0.1, 0.15) is 26.6 Å². The molecule has 24 heavy (non-hydrogen) atoms. The van der Waals surface area contributed by atoms with Crippen LogP contribution in [0.5, 0.6) is 5.75 Å². The average Bonchev–Trinajstić information content (AvgIpc) is 3.18. The van der Waals surface area contributed by atoms with E-state index in [1.165, 1.54) is 29.1 Å². The maximum atomic E-state index is 12.9. The first-order valence-corrected chi connectivity index (χ1v) is 8.53. The molecule has 3 aromatic rings. The van der Waals surface area contributed by atoms with E-state index >= 15 is 0 Å². The van der Waals surface area contributed by atoms with Crippen LogP contribution in [0.15, 0.2) is 47.8 Å². The van der Waals surface area contributed by atoms with Crippen LogP contribution in [-0.2, 0) is 6.54 Å². The molecule has 0 fully saturated rings. The van der Waals surface area contributed by atoms with E-state index in [-0.39, 0.29) is 18.2 Å². The Morgan fingerprint density at radius 3 is 2.62 bits per heavy atom. The zero-order chi connectivity index (χ0) is 17.1. The maximum absolute atomic E-state index is 12.9. The van der Waals surface area contributed by atoms with Crippen molar-refractivity contribution in [3.63, 3.8) is 0 Å². The molecule has 0 radical (unpaired) electrons. The van der Waals surface area contributed by atoms with Crippen LogP contribution in [0.3, 0.4) is 0 Å². The van der Waals surface area contributed by atoms with Gasteiger partial charge in [-0.3, -0.25) is 4.79 Å². The van der Waals surface area contributed by atoms with Crippen LogP contribution in [0.25, 0.3) is 0 Å². The average molecular weight is 343 g/mol. The monoisotopic (exact) mass is 343 g/mol. The standard InChI is InChI=1S/C19H18FNO2S/c1-13-10-18(14(2)21(13)11-17-4-3-9-24-17)19(22)12-23-16-7-5-15(20)6-8-16/h3-10H,11-12H2,1-2H3. The zero-order valence-electron chi connectivity index (χ0n) is 13.6. The van der Waals surface area contributed by atoms with Crippen molar-refractivity contribution in [1.29, 1.82) is 0 Å². The summed E-state index contributed by atoms with van der Waals surface area (Å²) in [6.07, 6.45) is 0. The van der Waals surface area contributed by atoms with Crippen LogP contribution in [0, 0.1) is 19.7 Å². The fourth-order valence-corrected chi connectivity index (χ4v) is 3.34. The molecule has 0 atom stereocenters. The summed E-state index contributed by atoms with van der Waals surface area (Å²) in [5, 5.41) is 2.05. The molecule has 0 aliphatic heterocycles. The molecule has 2 heterocycles. The van der Waals surface area contributed by atoms with Gasteiger partial charge in [0.05, 0.1) is 6.54 Å². The van der Waals surface area contributed by atoms with Gasteiger partial charge in [0.2, 0.25) is 5.78 Å². The molecule has 5 heteroatoms. The van der Waals surface area contributed by atoms with Gasteiger partial charge >= 0.3 is 0 Å². The van der Waals surface area contributed by atoms with Gasteiger partial charge < -0.3 is 9.30 Å². The fourth-order valence-electron chi connectivity index (χ4n) is 2.64. The number of carbonyl (C=O) groups is 1. The lowest BCUT2D eigenvalue weighted by Gasteiger charge is -2.09. The molecular formula is C19H18FNO2S. The largest absolute Gasteiger partial charge is 0.485 e. The van der Waals surface area contributed by atoms with Gasteiger partial charge in [0.15, 0.2) is 6.61 Å². The summed E-state index contributed by atoms with van der Waals surface area (Å²) in [5.41, 5.74) is 2.66. The number of ketones is 1. The van der Waals surface area contributed by atoms with Crippen LogP contribution >= 0.6 is 11.3 Å². The summed E-state index contributed by atoms with van der Waals surface area (Å²) in [5.74, 6) is 0.0767. The van der Waals surface area contributed by atoms with Crippen LogP contribution in [-0.4, -0.2) is 17.0 Å². The number of nitrogens with zero attached hydrogens (tertiary/aromatic N) is 1. The first kappa shape index (κ1) is 16.5. The maximum Gasteiger partial charge on any atom is 0.202 e. The quantitative estimate of drug-likeness (QED) is 0.612. The van der Waals surface area contributed by atoms with Gasteiger partial charge in [-0.15, -0.1) is 11.3 Å². The van der Waals surface area contributed by atoms with Crippen molar-refractivity contribution in [3.05, 3.63) is 75.5 Å². The Bertz CT molecular complexity index is 835.